The van der Waals surface area contributed by atoms with Gasteiger partial charge in [0.2, 0.25) is 0 Å². The van der Waals surface area contributed by atoms with Crippen LogP contribution in [0.3, 0.4) is 0 Å². The number of benzene rings is 10. The molecule has 0 radical (unpaired) electrons. The lowest BCUT2D eigenvalue weighted by molar-refractivity contribution is 0.669. The van der Waals surface area contributed by atoms with Gasteiger partial charge < -0.3 is 13.7 Å². The van der Waals surface area contributed by atoms with E-state index < -0.39 is 0 Å². The molecule has 0 fully saturated rings. The van der Waals surface area contributed by atoms with E-state index in [9.17, 15) is 0 Å². The van der Waals surface area contributed by atoms with E-state index in [1.54, 1.807) is 0 Å². The van der Waals surface area contributed by atoms with Gasteiger partial charge in [0.25, 0.3) is 0 Å². The minimum Gasteiger partial charge on any atom is -0.456 e. The van der Waals surface area contributed by atoms with Gasteiger partial charge >= 0.3 is 0 Å². The van der Waals surface area contributed by atoms with E-state index in [0.717, 1.165) is 83.2 Å². The Kier molecular flexibility index (Phi) is 7.54. The molecule has 0 aliphatic heterocycles. The Morgan fingerprint density at radius 1 is 0.305 bits per heavy atom. The van der Waals surface area contributed by atoms with Crippen molar-refractivity contribution in [2.75, 3.05) is 4.90 Å². The van der Waals surface area contributed by atoms with Crippen molar-refractivity contribution in [2.45, 2.75) is 0 Å². The van der Waals surface area contributed by atoms with Crippen LogP contribution in [0.5, 0.6) is 0 Å². The number of furan rings is 2. The van der Waals surface area contributed by atoms with Crippen molar-refractivity contribution in [1.82, 2.24) is 0 Å². The van der Waals surface area contributed by atoms with Gasteiger partial charge in [-0.25, -0.2) is 0 Å². The summed E-state index contributed by atoms with van der Waals surface area (Å²) in [7, 11) is 0. The van der Waals surface area contributed by atoms with Crippen LogP contribution in [-0.4, -0.2) is 0 Å². The molecule has 0 unspecified atom stereocenters. The van der Waals surface area contributed by atoms with E-state index in [4.69, 9.17) is 8.83 Å². The monoisotopic (exact) mass is 753 g/mol. The molecule has 0 amide bonds. The molecule has 12 aromatic rings. The SMILES string of the molecule is c1ccc(-c2ccc(-c3ccc(N(c4ccc(-c5ccc6c(c5)oc5ccccc56)cc4)c4ccc5c(ccc6ccccc65)c4)c4c3oc3ccccc34)cc2)cc1. The number of anilines is 3. The maximum Gasteiger partial charge on any atom is 0.145 e. The van der Waals surface area contributed by atoms with Crippen LogP contribution in [0.25, 0.3) is 98.8 Å². The largest absolute Gasteiger partial charge is 0.456 e. The third kappa shape index (κ3) is 5.51. The summed E-state index contributed by atoms with van der Waals surface area (Å²) in [6.07, 6.45) is 0. The molecule has 2 heterocycles. The quantitative estimate of drug-likeness (QED) is 0.158. The van der Waals surface area contributed by atoms with Crippen molar-refractivity contribution in [3.63, 3.8) is 0 Å². The summed E-state index contributed by atoms with van der Waals surface area (Å²) in [5.41, 5.74) is 13.5. The summed E-state index contributed by atoms with van der Waals surface area (Å²) >= 11 is 0. The molecule has 0 aliphatic carbocycles. The van der Waals surface area contributed by atoms with Gasteiger partial charge in [0.05, 0.1) is 11.1 Å². The van der Waals surface area contributed by atoms with Crippen molar-refractivity contribution in [3.8, 4) is 33.4 Å². The minimum atomic E-state index is 0.860. The van der Waals surface area contributed by atoms with E-state index in [2.05, 4.69) is 199 Å². The van der Waals surface area contributed by atoms with E-state index >= 15 is 0 Å². The Bertz CT molecular complexity index is 3540. The fraction of sp³-hybridized carbons (Fsp3) is 0. The first-order chi connectivity index (χ1) is 29.2. The van der Waals surface area contributed by atoms with Crippen molar-refractivity contribution in [3.05, 3.63) is 212 Å². The molecule has 0 saturated carbocycles. The molecule has 0 aliphatic rings. The summed E-state index contributed by atoms with van der Waals surface area (Å²) in [5.74, 6) is 0. The number of rotatable bonds is 6. The average molecular weight is 754 g/mol. The topological polar surface area (TPSA) is 29.5 Å². The van der Waals surface area contributed by atoms with Crippen molar-refractivity contribution in [2.24, 2.45) is 0 Å². The van der Waals surface area contributed by atoms with Gasteiger partial charge in [0, 0.05) is 33.1 Å². The predicted molar refractivity (Wildman–Crippen MR) is 247 cm³/mol. The maximum absolute atomic E-state index is 6.83. The second-order valence-corrected chi connectivity index (χ2v) is 15.3. The van der Waals surface area contributed by atoms with Gasteiger partial charge in [-0.15, -0.1) is 0 Å². The number of hydrogen-bond donors (Lipinski definition) is 0. The second kappa shape index (κ2) is 13.4. The molecule has 276 valence electrons. The molecule has 0 saturated heterocycles. The average Bonchev–Trinajstić information content (AvgIpc) is 3.88. The molecule has 0 bridgehead atoms. The second-order valence-electron chi connectivity index (χ2n) is 15.3. The molecule has 10 aromatic carbocycles. The lowest BCUT2D eigenvalue weighted by Gasteiger charge is -2.27. The van der Waals surface area contributed by atoms with E-state index in [-0.39, 0.29) is 0 Å². The first kappa shape index (κ1) is 33.3. The van der Waals surface area contributed by atoms with Gasteiger partial charge in [-0.1, -0.05) is 152 Å². The first-order valence-corrected chi connectivity index (χ1v) is 20.1. The highest BCUT2D eigenvalue weighted by molar-refractivity contribution is 6.17. The van der Waals surface area contributed by atoms with E-state index in [1.807, 2.05) is 18.2 Å². The Labute approximate surface area is 340 Å². The number of hydrogen-bond acceptors (Lipinski definition) is 3. The zero-order chi connectivity index (χ0) is 38.9. The van der Waals surface area contributed by atoms with Crippen LogP contribution in [0.15, 0.2) is 221 Å². The number of para-hydroxylation sites is 2. The van der Waals surface area contributed by atoms with Gasteiger partial charge in [-0.3, -0.25) is 0 Å². The highest BCUT2D eigenvalue weighted by Crippen LogP contribution is 2.47. The summed E-state index contributed by atoms with van der Waals surface area (Å²) in [4.78, 5) is 2.38. The Hall–Kier alpha value is -7.88. The summed E-state index contributed by atoms with van der Waals surface area (Å²) < 4.78 is 13.1. The van der Waals surface area contributed by atoms with Crippen LogP contribution in [0, 0.1) is 0 Å². The molecule has 0 atom stereocenters. The van der Waals surface area contributed by atoms with Gasteiger partial charge in [0.15, 0.2) is 0 Å². The predicted octanol–water partition coefficient (Wildman–Crippen LogP) is 16.3. The van der Waals surface area contributed by atoms with Crippen molar-refractivity contribution >= 4 is 82.5 Å². The van der Waals surface area contributed by atoms with Crippen LogP contribution in [0.4, 0.5) is 17.1 Å². The summed E-state index contributed by atoms with van der Waals surface area (Å²) in [5, 5.41) is 9.32. The number of fused-ring (bicyclic) bond motifs is 9. The first-order valence-electron chi connectivity index (χ1n) is 20.1. The summed E-state index contributed by atoms with van der Waals surface area (Å²) in [6, 6.07) is 75.7. The third-order valence-corrected chi connectivity index (χ3v) is 11.9. The number of nitrogens with zero attached hydrogens (tertiary/aromatic N) is 1. The van der Waals surface area contributed by atoms with E-state index in [1.165, 1.54) is 32.7 Å². The molecule has 2 aromatic heterocycles. The van der Waals surface area contributed by atoms with Crippen LogP contribution in [-0.2, 0) is 0 Å². The van der Waals surface area contributed by atoms with Gasteiger partial charge in [-0.05, 0) is 110 Å². The van der Waals surface area contributed by atoms with Gasteiger partial charge in [0.1, 0.15) is 22.3 Å². The fourth-order valence-corrected chi connectivity index (χ4v) is 8.97. The summed E-state index contributed by atoms with van der Waals surface area (Å²) in [6.45, 7) is 0. The van der Waals surface area contributed by atoms with Crippen LogP contribution >= 0.6 is 0 Å². The standard InChI is InChI=1S/C56H35NO2/c1-2-10-36(11-3-1)37-18-20-40(21-19-37)47-32-33-51(55-50-15-7-9-17-53(50)59-56(47)55)57(44-29-31-46-42(34-44)23-22-39-12-4-5-13-45(39)46)43-27-24-38(25-28-43)41-26-30-49-48-14-6-8-16-52(48)58-54(49)35-41/h1-35H. The Balaban J connectivity index is 1.04. The molecule has 12 rings (SSSR count). The zero-order valence-corrected chi connectivity index (χ0v) is 32.0. The van der Waals surface area contributed by atoms with Crippen LogP contribution < -0.4 is 4.90 Å². The lowest BCUT2D eigenvalue weighted by Crippen LogP contribution is -2.10. The Morgan fingerprint density at radius 2 is 0.864 bits per heavy atom. The maximum atomic E-state index is 6.83. The molecule has 0 N–H and O–H groups in total. The third-order valence-electron chi connectivity index (χ3n) is 11.9. The molecule has 3 nitrogen and oxygen atoms in total. The normalized spacial score (nSPS) is 11.7. The van der Waals surface area contributed by atoms with Crippen LogP contribution in [0.2, 0.25) is 0 Å². The highest BCUT2D eigenvalue weighted by atomic mass is 16.3. The smallest absolute Gasteiger partial charge is 0.145 e. The molecule has 59 heavy (non-hydrogen) atoms. The highest BCUT2D eigenvalue weighted by Gasteiger charge is 2.23. The molecular formula is C56H35NO2. The lowest BCUT2D eigenvalue weighted by atomic mass is 9.97. The van der Waals surface area contributed by atoms with Gasteiger partial charge in [-0.2, -0.15) is 0 Å². The molecular weight excluding hydrogens is 719 g/mol. The fourth-order valence-electron chi connectivity index (χ4n) is 8.97. The Morgan fingerprint density at radius 3 is 1.69 bits per heavy atom. The minimum absolute atomic E-state index is 0.860. The van der Waals surface area contributed by atoms with E-state index in [0.29, 0.717) is 0 Å². The van der Waals surface area contributed by atoms with Crippen LogP contribution in [0.1, 0.15) is 0 Å². The zero-order valence-electron chi connectivity index (χ0n) is 32.0. The van der Waals surface area contributed by atoms with Crippen molar-refractivity contribution in [1.29, 1.82) is 0 Å². The molecule has 3 heteroatoms. The molecule has 0 spiro atoms. The van der Waals surface area contributed by atoms with Crippen molar-refractivity contribution < 1.29 is 8.83 Å².